The van der Waals surface area contributed by atoms with Crippen molar-refractivity contribution < 1.29 is 9.15 Å². The first-order chi connectivity index (χ1) is 7.75. The normalized spacial score (nSPS) is 25.4. The molecular formula is C12H14N2O2. The van der Waals surface area contributed by atoms with E-state index >= 15 is 0 Å². The molecule has 2 aromatic rings. The molecule has 2 unspecified atom stereocenters. The maximum atomic E-state index is 5.95. The first kappa shape index (κ1) is 9.81. The zero-order chi connectivity index (χ0) is 11.1. The molecule has 1 fully saturated rings. The Labute approximate surface area is 93.4 Å². The lowest BCUT2D eigenvalue weighted by Crippen LogP contribution is -2.26. The van der Waals surface area contributed by atoms with Crippen molar-refractivity contribution in [2.24, 2.45) is 5.73 Å². The van der Waals surface area contributed by atoms with Crippen LogP contribution >= 0.6 is 0 Å². The Morgan fingerprint density at radius 3 is 2.94 bits per heavy atom. The molecule has 1 aromatic heterocycles. The minimum atomic E-state index is -0.00614. The van der Waals surface area contributed by atoms with Crippen molar-refractivity contribution >= 4 is 11.1 Å². The van der Waals surface area contributed by atoms with Gasteiger partial charge in [-0.2, -0.15) is 0 Å². The quantitative estimate of drug-likeness (QED) is 0.789. The number of rotatable bonds is 1. The molecule has 4 nitrogen and oxygen atoms in total. The van der Waals surface area contributed by atoms with Crippen molar-refractivity contribution in [2.45, 2.75) is 18.9 Å². The van der Waals surface area contributed by atoms with Crippen LogP contribution in [0.25, 0.3) is 11.1 Å². The van der Waals surface area contributed by atoms with Gasteiger partial charge in [0.25, 0.3) is 0 Å². The summed E-state index contributed by atoms with van der Waals surface area (Å²) in [6.07, 6.45) is 0. The van der Waals surface area contributed by atoms with E-state index in [9.17, 15) is 0 Å². The van der Waals surface area contributed by atoms with Crippen LogP contribution in [0.4, 0.5) is 0 Å². The van der Waals surface area contributed by atoms with Crippen LogP contribution in [0.5, 0.6) is 0 Å². The Bertz CT molecular complexity index is 521. The Kier molecular flexibility index (Phi) is 2.19. The number of benzene rings is 1. The lowest BCUT2D eigenvalue weighted by Gasteiger charge is -2.07. The van der Waals surface area contributed by atoms with E-state index in [1.807, 2.05) is 25.1 Å². The molecule has 2 heterocycles. The first-order valence-electron chi connectivity index (χ1n) is 5.45. The summed E-state index contributed by atoms with van der Waals surface area (Å²) in [4.78, 5) is 4.52. The molecule has 1 aromatic carbocycles. The number of nitrogens with zero attached hydrogens (tertiary/aromatic N) is 1. The van der Waals surface area contributed by atoms with Crippen LogP contribution in [-0.4, -0.2) is 24.2 Å². The number of hydrogen-bond acceptors (Lipinski definition) is 4. The maximum absolute atomic E-state index is 5.95. The Hall–Kier alpha value is -1.39. The molecule has 0 amide bonds. The summed E-state index contributed by atoms with van der Waals surface area (Å²) in [5.41, 5.74) is 8.83. The highest BCUT2D eigenvalue weighted by molar-refractivity contribution is 5.76. The molecule has 2 atom stereocenters. The van der Waals surface area contributed by atoms with Crippen LogP contribution in [0.2, 0.25) is 0 Å². The largest absolute Gasteiger partial charge is 0.440 e. The minimum absolute atomic E-state index is 0.00614. The molecule has 2 N–H and O–H groups in total. The molecule has 3 rings (SSSR count). The van der Waals surface area contributed by atoms with E-state index < -0.39 is 0 Å². The number of aryl methyl sites for hydroxylation is 1. The Balaban J connectivity index is 2.08. The van der Waals surface area contributed by atoms with Crippen molar-refractivity contribution in [3.8, 4) is 0 Å². The third-order valence-corrected chi connectivity index (χ3v) is 3.08. The average Bonchev–Trinajstić information content (AvgIpc) is 2.84. The number of hydrogen-bond donors (Lipinski definition) is 1. The molecule has 1 aliphatic heterocycles. The van der Waals surface area contributed by atoms with Gasteiger partial charge in [-0.15, -0.1) is 0 Å². The summed E-state index contributed by atoms with van der Waals surface area (Å²) in [5, 5.41) is 0. The topological polar surface area (TPSA) is 61.3 Å². The Morgan fingerprint density at radius 2 is 2.25 bits per heavy atom. The maximum Gasteiger partial charge on any atom is 0.202 e. The molecule has 1 saturated heterocycles. The van der Waals surface area contributed by atoms with Gasteiger partial charge in [-0.25, -0.2) is 4.98 Å². The Morgan fingerprint density at radius 1 is 1.38 bits per heavy atom. The molecule has 16 heavy (non-hydrogen) atoms. The zero-order valence-electron chi connectivity index (χ0n) is 9.14. The van der Waals surface area contributed by atoms with Gasteiger partial charge in [0.2, 0.25) is 5.89 Å². The van der Waals surface area contributed by atoms with Gasteiger partial charge in [0.05, 0.1) is 19.1 Å². The summed E-state index contributed by atoms with van der Waals surface area (Å²) in [6, 6.07) is 5.92. The van der Waals surface area contributed by atoms with E-state index in [4.69, 9.17) is 14.9 Å². The second-order valence-corrected chi connectivity index (χ2v) is 4.28. The van der Waals surface area contributed by atoms with E-state index in [1.54, 1.807) is 0 Å². The monoisotopic (exact) mass is 218 g/mol. The predicted octanol–water partition coefficient (Wildman–Crippen LogP) is 1.58. The third kappa shape index (κ3) is 1.42. The highest BCUT2D eigenvalue weighted by atomic mass is 16.5. The van der Waals surface area contributed by atoms with Gasteiger partial charge in [-0.3, -0.25) is 0 Å². The number of ether oxygens (including phenoxy) is 1. The smallest absolute Gasteiger partial charge is 0.202 e. The van der Waals surface area contributed by atoms with Crippen LogP contribution < -0.4 is 5.73 Å². The number of aromatic nitrogens is 1. The second kappa shape index (κ2) is 3.57. The van der Waals surface area contributed by atoms with Crippen molar-refractivity contribution in [1.82, 2.24) is 4.98 Å². The van der Waals surface area contributed by atoms with Crippen LogP contribution in [0, 0.1) is 6.92 Å². The van der Waals surface area contributed by atoms with E-state index in [0.29, 0.717) is 19.1 Å². The number of nitrogens with two attached hydrogens (primary N) is 1. The van der Waals surface area contributed by atoms with E-state index in [0.717, 1.165) is 16.7 Å². The van der Waals surface area contributed by atoms with Crippen molar-refractivity contribution in [3.05, 3.63) is 29.7 Å². The summed E-state index contributed by atoms with van der Waals surface area (Å²) in [6.45, 7) is 3.22. The second-order valence-electron chi connectivity index (χ2n) is 4.28. The molecule has 0 bridgehead atoms. The van der Waals surface area contributed by atoms with Crippen LogP contribution in [-0.2, 0) is 4.74 Å². The highest BCUT2D eigenvalue weighted by Crippen LogP contribution is 2.28. The van der Waals surface area contributed by atoms with E-state index in [2.05, 4.69) is 4.98 Å². The van der Waals surface area contributed by atoms with Crippen LogP contribution in [0.1, 0.15) is 17.4 Å². The van der Waals surface area contributed by atoms with Gasteiger partial charge >= 0.3 is 0 Å². The molecule has 0 spiro atoms. The first-order valence-corrected chi connectivity index (χ1v) is 5.45. The van der Waals surface area contributed by atoms with Gasteiger partial charge in [-0.05, 0) is 18.6 Å². The van der Waals surface area contributed by atoms with Gasteiger partial charge in [0.15, 0.2) is 5.58 Å². The van der Waals surface area contributed by atoms with Crippen LogP contribution in [0.15, 0.2) is 22.6 Å². The molecule has 0 saturated carbocycles. The molecule has 1 aliphatic rings. The lowest BCUT2D eigenvalue weighted by molar-refractivity contribution is 0.188. The fourth-order valence-corrected chi connectivity index (χ4v) is 2.09. The molecule has 0 aliphatic carbocycles. The summed E-state index contributed by atoms with van der Waals surface area (Å²) in [5.74, 6) is 0.793. The fourth-order valence-electron chi connectivity index (χ4n) is 2.09. The SMILES string of the molecule is Cc1cccc2oc(C3COCC3N)nc12. The minimum Gasteiger partial charge on any atom is -0.440 e. The molecule has 0 radical (unpaired) electrons. The number of fused-ring (bicyclic) bond motifs is 1. The standard InChI is InChI=1S/C12H14N2O2/c1-7-3-2-4-10-11(7)14-12(16-10)8-5-15-6-9(8)13/h2-4,8-9H,5-6,13H2,1H3. The number of para-hydroxylation sites is 1. The van der Waals surface area contributed by atoms with E-state index in [1.165, 1.54) is 0 Å². The number of oxazole rings is 1. The lowest BCUT2D eigenvalue weighted by atomic mass is 10.1. The van der Waals surface area contributed by atoms with Crippen molar-refractivity contribution in [2.75, 3.05) is 13.2 Å². The predicted molar refractivity (Wildman–Crippen MR) is 60.3 cm³/mol. The van der Waals surface area contributed by atoms with Gasteiger partial charge < -0.3 is 14.9 Å². The fraction of sp³-hybridized carbons (Fsp3) is 0.417. The molecule has 4 heteroatoms. The highest BCUT2D eigenvalue weighted by Gasteiger charge is 2.30. The zero-order valence-corrected chi connectivity index (χ0v) is 9.14. The van der Waals surface area contributed by atoms with Gasteiger partial charge in [0, 0.05) is 6.04 Å². The van der Waals surface area contributed by atoms with Gasteiger partial charge in [0.1, 0.15) is 5.52 Å². The van der Waals surface area contributed by atoms with Gasteiger partial charge in [-0.1, -0.05) is 12.1 Å². The summed E-state index contributed by atoms with van der Waals surface area (Å²) in [7, 11) is 0. The summed E-state index contributed by atoms with van der Waals surface area (Å²) >= 11 is 0. The summed E-state index contributed by atoms with van der Waals surface area (Å²) < 4.78 is 11.1. The van der Waals surface area contributed by atoms with Crippen LogP contribution in [0.3, 0.4) is 0 Å². The van der Waals surface area contributed by atoms with E-state index in [-0.39, 0.29) is 12.0 Å². The molecular weight excluding hydrogens is 204 g/mol. The van der Waals surface area contributed by atoms with Crippen molar-refractivity contribution in [3.63, 3.8) is 0 Å². The molecule has 84 valence electrons. The third-order valence-electron chi connectivity index (χ3n) is 3.08. The van der Waals surface area contributed by atoms with Crippen molar-refractivity contribution in [1.29, 1.82) is 0 Å². The average molecular weight is 218 g/mol.